The Labute approximate surface area is 114 Å². The van der Waals surface area contributed by atoms with Crippen molar-refractivity contribution in [3.8, 4) is 0 Å². The lowest BCUT2D eigenvalue weighted by Gasteiger charge is -2.28. The van der Waals surface area contributed by atoms with Gasteiger partial charge in [0.2, 0.25) is 10.0 Å². The fourth-order valence-corrected chi connectivity index (χ4v) is 3.77. The van der Waals surface area contributed by atoms with Crippen LogP contribution in [0.1, 0.15) is 31.2 Å². The summed E-state index contributed by atoms with van der Waals surface area (Å²) in [5, 5.41) is 7.01. The van der Waals surface area contributed by atoms with Crippen molar-refractivity contribution in [3.63, 3.8) is 0 Å². The summed E-state index contributed by atoms with van der Waals surface area (Å²) in [7, 11) is -3.37. The van der Waals surface area contributed by atoms with Crippen molar-refractivity contribution >= 4 is 10.0 Å². The number of sulfonamides is 1. The molecule has 2 N–H and O–H groups in total. The van der Waals surface area contributed by atoms with Gasteiger partial charge < -0.3 is 9.84 Å². The fraction of sp³-hybridized carbons (Fsp3) is 0.750. The predicted molar refractivity (Wildman–Crippen MR) is 72.1 cm³/mol. The van der Waals surface area contributed by atoms with Crippen molar-refractivity contribution in [2.24, 2.45) is 5.92 Å². The molecule has 1 aliphatic heterocycles. The number of piperidine rings is 1. The van der Waals surface area contributed by atoms with E-state index in [1.165, 1.54) is 0 Å². The van der Waals surface area contributed by atoms with Gasteiger partial charge >= 0.3 is 0 Å². The number of hydrogen-bond acceptors (Lipinski definition) is 5. The van der Waals surface area contributed by atoms with E-state index < -0.39 is 10.0 Å². The second kappa shape index (κ2) is 6.02. The van der Waals surface area contributed by atoms with Crippen molar-refractivity contribution in [2.45, 2.75) is 38.5 Å². The van der Waals surface area contributed by atoms with Crippen LogP contribution in [0.5, 0.6) is 0 Å². The first-order valence-corrected chi connectivity index (χ1v) is 8.24. The van der Waals surface area contributed by atoms with Crippen LogP contribution in [0, 0.1) is 12.8 Å². The van der Waals surface area contributed by atoms with Crippen molar-refractivity contribution in [3.05, 3.63) is 17.5 Å². The monoisotopic (exact) mass is 287 g/mol. The highest BCUT2D eigenvalue weighted by molar-refractivity contribution is 7.88. The second-order valence-electron chi connectivity index (χ2n) is 5.20. The molecule has 0 spiro atoms. The number of nitrogens with zero attached hydrogens (tertiary/aromatic N) is 1. The summed E-state index contributed by atoms with van der Waals surface area (Å²) < 4.78 is 31.7. The molecule has 6 nitrogen and oxygen atoms in total. The maximum atomic E-state index is 12.0. The quantitative estimate of drug-likeness (QED) is 0.836. The van der Waals surface area contributed by atoms with Crippen molar-refractivity contribution in [1.29, 1.82) is 0 Å². The van der Waals surface area contributed by atoms with Crippen molar-refractivity contribution in [1.82, 2.24) is 15.2 Å². The minimum absolute atomic E-state index is 0.0641. The lowest BCUT2D eigenvalue weighted by Crippen LogP contribution is -2.44. The minimum atomic E-state index is -3.37. The van der Waals surface area contributed by atoms with E-state index >= 15 is 0 Å². The Bertz CT molecular complexity index is 506. The zero-order chi connectivity index (χ0) is 13.9. The molecule has 7 heteroatoms. The Morgan fingerprint density at radius 1 is 1.63 bits per heavy atom. The van der Waals surface area contributed by atoms with Crippen LogP contribution in [0.4, 0.5) is 0 Å². The molecule has 1 fully saturated rings. The first-order valence-electron chi connectivity index (χ1n) is 6.59. The summed E-state index contributed by atoms with van der Waals surface area (Å²) in [6.45, 7) is 5.55. The van der Waals surface area contributed by atoms with Gasteiger partial charge in [-0.1, -0.05) is 5.16 Å². The maximum absolute atomic E-state index is 12.0. The van der Waals surface area contributed by atoms with E-state index in [4.69, 9.17) is 4.52 Å². The highest BCUT2D eigenvalue weighted by Gasteiger charge is 2.24. The SMILES string of the molecule is Cc1cc(CS(=O)(=O)NC(C)C2CCCNC2)no1. The van der Waals surface area contributed by atoms with Gasteiger partial charge in [0.25, 0.3) is 0 Å². The smallest absolute Gasteiger partial charge is 0.217 e. The predicted octanol–water partition coefficient (Wildman–Crippen LogP) is 0.791. The summed E-state index contributed by atoms with van der Waals surface area (Å²) in [5.74, 6) is 0.840. The van der Waals surface area contributed by atoms with E-state index in [9.17, 15) is 8.42 Å². The van der Waals surface area contributed by atoms with Crippen LogP contribution in [0.25, 0.3) is 0 Å². The molecule has 1 saturated heterocycles. The average Bonchev–Trinajstić information content (AvgIpc) is 2.74. The van der Waals surface area contributed by atoms with Crippen LogP contribution in [0.3, 0.4) is 0 Å². The topological polar surface area (TPSA) is 84.2 Å². The second-order valence-corrected chi connectivity index (χ2v) is 6.95. The summed E-state index contributed by atoms with van der Waals surface area (Å²) in [4.78, 5) is 0. The molecule has 0 amide bonds. The molecule has 2 atom stereocenters. The molecular weight excluding hydrogens is 266 g/mol. The Morgan fingerprint density at radius 2 is 2.42 bits per heavy atom. The number of aromatic nitrogens is 1. The Morgan fingerprint density at radius 3 is 3.00 bits per heavy atom. The van der Waals surface area contributed by atoms with Crippen molar-refractivity contribution in [2.75, 3.05) is 13.1 Å². The van der Waals surface area contributed by atoms with Gasteiger partial charge in [-0.15, -0.1) is 0 Å². The third-order valence-corrected chi connectivity index (χ3v) is 4.83. The fourth-order valence-electron chi connectivity index (χ4n) is 2.41. The van der Waals surface area contributed by atoms with Gasteiger partial charge in [-0.25, -0.2) is 13.1 Å². The van der Waals surface area contributed by atoms with E-state index in [-0.39, 0.29) is 11.8 Å². The van der Waals surface area contributed by atoms with Gasteiger partial charge in [-0.2, -0.15) is 0 Å². The largest absolute Gasteiger partial charge is 0.361 e. The molecule has 0 aliphatic carbocycles. The lowest BCUT2D eigenvalue weighted by molar-refractivity contribution is 0.320. The molecule has 0 radical (unpaired) electrons. The summed E-state index contributed by atoms with van der Waals surface area (Å²) in [5.41, 5.74) is 0.443. The standard InChI is InChI=1S/C12H21N3O3S/c1-9-6-12(14-18-9)8-19(16,17)15-10(2)11-4-3-5-13-7-11/h6,10-11,13,15H,3-5,7-8H2,1-2H3. The van der Waals surface area contributed by atoms with Crippen LogP contribution in [-0.4, -0.2) is 32.7 Å². The molecule has 108 valence electrons. The van der Waals surface area contributed by atoms with E-state index in [1.807, 2.05) is 6.92 Å². The Hall–Kier alpha value is -0.920. The highest BCUT2D eigenvalue weighted by atomic mass is 32.2. The zero-order valence-corrected chi connectivity index (χ0v) is 12.2. The number of rotatable bonds is 5. The maximum Gasteiger partial charge on any atom is 0.217 e. The first kappa shape index (κ1) is 14.5. The normalized spacial score (nSPS) is 22.3. The number of hydrogen-bond donors (Lipinski definition) is 2. The van der Waals surface area contributed by atoms with Crippen LogP contribution in [0.2, 0.25) is 0 Å². The molecule has 0 bridgehead atoms. The molecule has 1 aromatic rings. The van der Waals surface area contributed by atoms with Gasteiger partial charge in [0.05, 0.1) is 0 Å². The Kier molecular flexibility index (Phi) is 4.59. The third-order valence-electron chi connectivity index (χ3n) is 3.42. The van der Waals surface area contributed by atoms with Crippen LogP contribution in [0.15, 0.2) is 10.6 Å². The van der Waals surface area contributed by atoms with Gasteiger partial charge in [0, 0.05) is 12.1 Å². The Balaban J connectivity index is 1.92. The van der Waals surface area contributed by atoms with Crippen LogP contribution in [-0.2, 0) is 15.8 Å². The molecule has 1 aliphatic rings. The van der Waals surface area contributed by atoms with Gasteiger partial charge in [0.1, 0.15) is 17.2 Å². The van der Waals surface area contributed by atoms with Gasteiger partial charge in [-0.3, -0.25) is 0 Å². The zero-order valence-electron chi connectivity index (χ0n) is 11.3. The van der Waals surface area contributed by atoms with Crippen LogP contribution >= 0.6 is 0 Å². The van der Waals surface area contributed by atoms with E-state index in [0.29, 0.717) is 17.4 Å². The molecular formula is C12H21N3O3S. The molecule has 2 heterocycles. The van der Waals surface area contributed by atoms with E-state index in [0.717, 1.165) is 25.9 Å². The van der Waals surface area contributed by atoms with Gasteiger partial charge in [0.15, 0.2) is 0 Å². The number of nitrogens with one attached hydrogen (secondary N) is 2. The van der Waals surface area contributed by atoms with Crippen molar-refractivity contribution < 1.29 is 12.9 Å². The molecule has 1 aromatic heterocycles. The lowest BCUT2D eigenvalue weighted by atomic mass is 9.94. The summed E-state index contributed by atoms with van der Waals surface area (Å²) >= 11 is 0. The molecule has 0 aromatic carbocycles. The highest BCUT2D eigenvalue weighted by Crippen LogP contribution is 2.15. The van der Waals surface area contributed by atoms with E-state index in [1.54, 1.807) is 13.0 Å². The summed E-state index contributed by atoms with van der Waals surface area (Å²) in [6.07, 6.45) is 2.15. The molecule has 2 rings (SSSR count). The van der Waals surface area contributed by atoms with Crippen LogP contribution < -0.4 is 10.0 Å². The average molecular weight is 287 g/mol. The molecule has 2 unspecified atom stereocenters. The molecule has 19 heavy (non-hydrogen) atoms. The minimum Gasteiger partial charge on any atom is -0.361 e. The first-order chi connectivity index (χ1) is 8.96. The number of aryl methyl sites for hydroxylation is 1. The third kappa shape index (κ3) is 4.29. The summed E-state index contributed by atoms with van der Waals surface area (Å²) in [6, 6.07) is 1.58. The molecule has 0 saturated carbocycles. The van der Waals surface area contributed by atoms with Gasteiger partial charge in [-0.05, 0) is 45.7 Å². The van der Waals surface area contributed by atoms with E-state index in [2.05, 4.69) is 15.2 Å².